The van der Waals surface area contributed by atoms with Crippen LogP contribution >= 0.6 is 0 Å². The molecule has 1 aromatic carbocycles. The van der Waals surface area contributed by atoms with Crippen molar-refractivity contribution in [2.75, 3.05) is 18.8 Å². The summed E-state index contributed by atoms with van der Waals surface area (Å²) in [6.07, 6.45) is 3.18. The van der Waals surface area contributed by atoms with Gasteiger partial charge in [-0.15, -0.1) is 0 Å². The van der Waals surface area contributed by atoms with Crippen LogP contribution in [0.15, 0.2) is 17.0 Å². The summed E-state index contributed by atoms with van der Waals surface area (Å²) < 4.78 is 27.3. The number of hydrogen-bond acceptors (Lipinski definition) is 3. The Hall–Kier alpha value is -1.07. The molecule has 0 aliphatic carbocycles. The average Bonchev–Trinajstić information content (AvgIpc) is 2.76. The average molecular weight is 296 g/mol. The minimum Gasteiger partial charge on any atom is -0.399 e. The van der Waals surface area contributed by atoms with Crippen molar-refractivity contribution in [3.8, 4) is 0 Å². The van der Waals surface area contributed by atoms with Gasteiger partial charge >= 0.3 is 0 Å². The fourth-order valence-corrected chi connectivity index (χ4v) is 5.12. The number of benzene rings is 1. The molecule has 1 aliphatic rings. The van der Waals surface area contributed by atoms with Crippen LogP contribution in [0, 0.1) is 19.8 Å². The maximum Gasteiger partial charge on any atom is 0.243 e. The number of anilines is 1. The van der Waals surface area contributed by atoms with Gasteiger partial charge in [0.05, 0.1) is 4.90 Å². The van der Waals surface area contributed by atoms with Crippen LogP contribution in [0.3, 0.4) is 0 Å². The highest BCUT2D eigenvalue weighted by atomic mass is 32.2. The molecular formula is C15H24N2O2S. The van der Waals surface area contributed by atoms with Gasteiger partial charge < -0.3 is 5.73 Å². The fourth-order valence-electron chi connectivity index (χ4n) is 3.18. The lowest BCUT2D eigenvalue weighted by Crippen LogP contribution is -2.30. The Morgan fingerprint density at radius 3 is 2.45 bits per heavy atom. The van der Waals surface area contributed by atoms with E-state index in [9.17, 15) is 8.42 Å². The number of sulfonamides is 1. The van der Waals surface area contributed by atoms with Crippen molar-refractivity contribution in [3.63, 3.8) is 0 Å². The molecule has 2 N–H and O–H groups in total. The van der Waals surface area contributed by atoms with Gasteiger partial charge in [-0.05, 0) is 55.9 Å². The molecule has 0 radical (unpaired) electrons. The van der Waals surface area contributed by atoms with Crippen molar-refractivity contribution in [2.24, 2.45) is 5.92 Å². The van der Waals surface area contributed by atoms with E-state index in [0.29, 0.717) is 29.6 Å². The molecule has 1 heterocycles. The number of nitrogen functional groups attached to an aromatic ring is 1. The smallest absolute Gasteiger partial charge is 0.243 e. The third kappa shape index (κ3) is 2.83. The van der Waals surface area contributed by atoms with E-state index in [-0.39, 0.29) is 0 Å². The Morgan fingerprint density at radius 2 is 1.90 bits per heavy atom. The van der Waals surface area contributed by atoms with E-state index in [1.165, 1.54) is 0 Å². The van der Waals surface area contributed by atoms with Gasteiger partial charge in [-0.25, -0.2) is 8.42 Å². The molecule has 0 spiro atoms. The SMILES string of the molecule is CCCC1CCN(S(=O)(=O)c2c(C)cc(N)cc2C)C1. The first-order chi connectivity index (χ1) is 9.36. The van der Waals surface area contributed by atoms with Crippen molar-refractivity contribution < 1.29 is 8.42 Å². The first kappa shape index (κ1) is 15.3. The van der Waals surface area contributed by atoms with Crippen LogP contribution in [-0.4, -0.2) is 25.8 Å². The van der Waals surface area contributed by atoms with Gasteiger partial charge in [0.1, 0.15) is 0 Å². The van der Waals surface area contributed by atoms with Gasteiger partial charge in [0.25, 0.3) is 0 Å². The topological polar surface area (TPSA) is 63.4 Å². The molecule has 1 atom stereocenters. The van der Waals surface area contributed by atoms with Gasteiger partial charge in [-0.3, -0.25) is 0 Å². The van der Waals surface area contributed by atoms with E-state index in [1.54, 1.807) is 16.4 Å². The molecule has 2 rings (SSSR count). The predicted molar refractivity (Wildman–Crippen MR) is 82.1 cm³/mol. The Labute approximate surface area is 122 Å². The largest absolute Gasteiger partial charge is 0.399 e. The molecule has 5 heteroatoms. The van der Waals surface area contributed by atoms with Crippen LogP contribution in [0.1, 0.15) is 37.3 Å². The summed E-state index contributed by atoms with van der Waals surface area (Å²) >= 11 is 0. The Morgan fingerprint density at radius 1 is 1.30 bits per heavy atom. The normalized spacial score (nSPS) is 20.4. The lowest BCUT2D eigenvalue weighted by atomic mass is 10.0. The fraction of sp³-hybridized carbons (Fsp3) is 0.600. The molecule has 1 aliphatic heterocycles. The second-order valence-corrected chi connectivity index (χ2v) is 7.67. The molecule has 112 valence electrons. The summed E-state index contributed by atoms with van der Waals surface area (Å²) in [6, 6.07) is 3.47. The highest BCUT2D eigenvalue weighted by Crippen LogP contribution is 2.31. The van der Waals surface area contributed by atoms with Crippen LogP contribution in [0.25, 0.3) is 0 Å². The zero-order valence-electron chi connectivity index (χ0n) is 12.5. The molecule has 4 nitrogen and oxygen atoms in total. The van der Waals surface area contributed by atoms with Crippen LogP contribution in [0.4, 0.5) is 5.69 Å². The molecule has 0 bridgehead atoms. The second-order valence-electron chi connectivity index (χ2n) is 5.79. The Balaban J connectivity index is 2.33. The standard InChI is InChI=1S/C15H24N2O2S/c1-4-5-13-6-7-17(10-13)20(18,19)15-11(2)8-14(16)9-12(15)3/h8-9,13H,4-7,10,16H2,1-3H3. The van der Waals surface area contributed by atoms with E-state index < -0.39 is 10.0 Å². The summed E-state index contributed by atoms with van der Waals surface area (Å²) in [4.78, 5) is 0.434. The van der Waals surface area contributed by atoms with Crippen LogP contribution in [0.2, 0.25) is 0 Å². The van der Waals surface area contributed by atoms with Crippen LogP contribution < -0.4 is 5.73 Å². The second kappa shape index (κ2) is 5.74. The molecule has 0 saturated carbocycles. The summed E-state index contributed by atoms with van der Waals surface area (Å²) in [6.45, 7) is 7.06. The third-order valence-electron chi connectivity index (χ3n) is 4.03. The summed E-state index contributed by atoms with van der Waals surface area (Å²) in [7, 11) is -3.39. The molecule has 1 unspecified atom stereocenters. The van der Waals surface area contributed by atoms with Gasteiger partial charge in [0.15, 0.2) is 0 Å². The molecule has 0 amide bonds. The quantitative estimate of drug-likeness (QED) is 0.869. The third-order valence-corrected chi connectivity index (χ3v) is 6.20. The van der Waals surface area contributed by atoms with Crippen molar-refractivity contribution in [2.45, 2.75) is 44.9 Å². The number of hydrogen-bond donors (Lipinski definition) is 1. The zero-order chi connectivity index (χ0) is 14.9. The van der Waals surface area contributed by atoms with Crippen molar-refractivity contribution in [3.05, 3.63) is 23.3 Å². The van der Waals surface area contributed by atoms with Crippen LogP contribution in [-0.2, 0) is 10.0 Å². The molecule has 1 fully saturated rings. The van der Waals surface area contributed by atoms with E-state index >= 15 is 0 Å². The number of nitrogens with two attached hydrogens (primary N) is 1. The zero-order valence-corrected chi connectivity index (χ0v) is 13.3. The summed E-state index contributed by atoms with van der Waals surface area (Å²) in [5.41, 5.74) is 7.87. The molecule has 1 saturated heterocycles. The molecular weight excluding hydrogens is 272 g/mol. The maximum absolute atomic E-state index is 12.8. The van der Waals surface area contributed by atoms with Crippen molar-refractivity contribution in [1.82, 2.24) is 4.31 Å². The molecule has 20 heavy (non-hydrogen) atoms. The summed E-state index contributed by atoms with van der Waals surface area (Å²) in [5.74, 6) is 0.504. The first-order valence-corrected chi connectivity index (χ1v) is 8.67. The Kier molecular flexibility index (Phi) is 4.39. The first-order valence-electron chi connectivity index (χ1n) is 7.23. The van der Waals surface area contributed by atoms with Crippen molar-refractivity contribution in [1.29, 1.82) is 0 Å². The Bertz CT molecular complexity index is 573. The lowest BCUT2D eigenvalue weighted by molar-refractivity contribution is 0.444. The highest BCUT2D eigenvalue weighted by Gasteiger charge is 2.33. The molecule has 0 aromatic heterocycles. The van der Waals surface area contributed by atoms with E-state index in [0.717, 1.165) is 30.4 Å². The number of aryl methyl sites for hydroxylation is 2. The van der Waals surface area contributed by atoms with E-state index in [4.69, 9.17) is 5.73 Å². The van der Waals surface area contributed by atoms with Crippen molar-refractivity contribution >= 4 is 15.7 Å². The highest BCUT2D eigenvalue weighted by molar-refractivity contribution is 7.89. The van der Waals surface area contributed by atoms with Gasteiger partial charge in [-0.2, -0.15) is 4.31 Å². The lowest BCUT2D eigenvalue weighted by Gasteiger charge is -2.20. The predicted octanol–water partition coefficient (Wildman–Crippen LogP) is 2.70. The van der Waals surface area contributed by atoms with Gasteiger partial charge in [0.2, 0.25) is 10.0 Å². The van der Waals surface area contributed by atoms with Gasteiger partial charge in [0, 0.05) is 18.8 Å². The monoisotopic (exact) mass is 296 g/mol. The maximum atomic E-state index is 12.8. The molecule has 1 aromatic rings. The van der Waals surface area contributed by atoms with E-state index in [1.807, 2.05) is 13.8 Å². The number of rotatable bonds is 4. The minimum atomic E-state index is -3.39. The van der Waals surface area contributed by atoms with Crippen LogP contribution in [0.5, 0.6) is 0 Å². The summed E-state index contributed by atoms with van der Waals surface area (Å²) in [5, 5.41) is 0. The van der Waals surface area contributed by atoms with E-state index in [2.05, 4.69) is 6.92 Å². The minimum absolute atomic E-state index is 0.434. The number of nitrogens with zero attached hydrogens (tertiary/aromatic N) is 1. The van der Waals surface area contributed by atoms with Gasteiger partial charge in [-0.1, -0.05) is 13.3 Å².